The standard InChI is InChI=1S/C14H17BrClNO2/c1-9-2-3-10(8-18)7-17(9)14(19)12-6-11(16)4-5-13(12)15/h4-6,9-10,18H,2-3,7-8H2,1H3. The number of hydrogen-bond donors (Lipinski definition) is 1. The van der Waals surface area contributed by atoms with E-state index in [1.54, 1.807) is 18.2 Å². The van der Waals surface area contributed by atoms with Gasteiger partial charge in [-0.2, -0.15) is 0 Å². The van der Waals surface area contributed by atoms with Crippen LogP contribution in [-0.2, 0) is 0 Å². The highest BCUT2D eigenvalue weighted by molar-refractivity contribution is 9.10. The van der Waals surface area contributed by atoms with Gasteiger partial charge in [0.05, 0.1) is 5.56 Å². The van der Waals surface area contributed by atoms with Crippen LogP contribution in [0.4, 0.5) is 0 Å². The number of piperidine rings is 1. The maximum atomic E-state index is 12.6. The first-order chi connectivity index (χ1) is 9.02. The summed E-state index contributed by atoms with van der Waals surface area (Å²) in [5.41, 5.74) is 0.581. The average Bonchev–Trinajstić information content (AvgIpc) is 2.41. The van der Waals surface area contributed by atoms with Crippen LogP contribution < -0.4 is 0 Å². The summed E-state index contributed by atoms with van der Waals surface area (Å²) < 4.78 is 0.750. The van der Waals surface area contributed by atoms with Crippen molar-refractivity contribution in [3.8, 4) is 0 Å². The fourth-order valence-electron chi connectivity index (χ4n) is 2.43. The van der Waals surface area contributed by atoms with Gasteiger partial charge < -0.3 is 10.0 Å². The Kier molecular flexibility index (Phi) is 4.87. The summed E-state index contributed by atoms with van der Waals surface area (Å²) in [4.78, 5) is 14.4. The smallest absolute Gasteiger partial charge is 0.255 e. The summed E-state index contributed by atoms with van der Waals surface area (Å²) >= 11 is 9.35. The third kappa shape index (κ3) is 3.30. The molecule has 1 aliphatic heterocycles. The van der Waals surface area contributed by atoms with Crippen LogP contribution >= 0.6 is 27.5 Å². The van der Waals surface area contributed by atoms with Crippen LogP contribution in [0, 0.1) is 5.92 Å². The normalized spacial score (nSPS) is 23.5. The van der Waals surface area contributed by atoms with Crippen molar-refractivity contribution in [2.75, 3.05) is 13.2 Å². The number of amides is 1. The monoisotopic (exact) mass is 345 g/mol. The number of carbonyl (C=O) groups excluding carboxylic acids is 1. The molecule has 1 fully saturated rings. The predicted molar refractivity (Wildman–Crippen MR) is 79.5 cm³/mol. The lowest BCUT2D eigenvalue weighted by Crippen LogP contribution is -2.46. The van der Waals surface area contributed by atoms with Crippen LogP contribution in [0.25, 0.3) is 0 Å². The maximum absolute atomic E-state index is 12.6. The van der Waals surface area contributed by atoms with E-state index in [-0.39, 0.29) is 24.5 Å². The maximum Gasteiger partial charge on any atom is 0.255 e. The fraction of sp³-hybridized carbons (Fsp3) is 0.500. The third-order valence-corrected chi connectivity index (χ3v) is 4.58. The van der Waals surface area contributed by atoms with E-state index in [1.807, 2.05) is 11.8 Å². The Hall–Kier alpha value is -0.580. The molecule has 0 saturated carbocycles. The number of aliphatic hydroxyl groups is 1. The summed E-state index contributed by atoms with van der Waals surface area (Å²) in [6.45, 7) is 2.78. The second-order valence-corrected chi connectivity index (χ2v) is 6.35. The van der Waals surface area contributed by atoms with Crippen LogP contribution in [0.15, 0.2) is 22.7 Å². The molecule has 1 heterocycles. The van der Waals surface area contributed by atoms with Crippen molar-refractivity contribution in [3.63, 3.8) is 0 Å². The molecule has 1 amide bonds. The van der Waals surface area contributed by atoms with Crippen molar-refractivity contribution < 1.29 is 9.90 Å². The largest absolute Gasteiger partial charge is 0.396 e. The van der Waals surface area contributed by atoms with Gasteiger partial charge in [-0.25, -0.2) is 0 Å². The lowest BCUT2D eigenvalue weighted by Gasteiger charge is -2.37. The van der Waals surface area contributed by atoms with Gasteiger partial charge >= 0.3 is 0 Å². The lowest BCUT2D eigenvalue weighted by atomic mass is 9.93. The molecule has 19 heavy (non-hydrogen) atoms. The quantitative estimate of drug-likeness (QED) is 0.892. The summed E-state index contributed by atoms with van der Waals surface area (Å²) in [6.07, 6.45) is 1.90. The Labute approximate surface area is 126 Å². The van der Waals surface area contributed by atoms with E-state index in [2.05, 4.69) is 15.9 Å². The van der Waals surface area contributed by atoms with Gasteiger partial charge in [-0.15, -0.1) is 0 Å². The second-order valence-electron chi connectivity index (χ2n) is 5.06. The van der Waals surface area contributed by atoms with E-state index in [0.717, 1.165) is 17.3 Å². The summed E-state index contributed by atoms with van der Waals surface area (Å²) in [7, 11) is 0. The molecule has 0 radical (unpaired) electrons. The number of halogens is 2. The number of aliphatic hydroxyl groups excluding tert-OH is 1. The van der Waals surface area contributed by atoms with Gasteiger partial charge in [0, 0.05) is 28.7 Å². The Morgan fingerprint density at radius 3 is 2.95 bits per heavy atom. The number of likely N-dealkylation sites (tertiary alicyclic amines) is 1. The fourth-order valence-corrected chi connectivity index (χ4v) is 3.02. The summed E-state index contributed by atoms with van der Waals surface area (Å²) in [5, 5.41) is 9.83. The van der Waals surface area contributed by atoms with Crippen LogP contribution in [0.5, 0.6) is 0 Å². The van der Waals surface area contributed by atoms with Crippen LogP contribution in [0.2, 0.25) is 5.02 Å². The van der Waals surface area contributed by atoms with Crippen molar-refractivity contribution >= 4 is 33.4 Å². The van der Waals surface area contributed by atoms with Crippen molar-refractivity contribution in [3.05, 3.63) is 33.3 Å². The van der Waals surface area contributed by atoms with E-state index >= 15 is 0 Å². The predicted octanol–water partition coefficient (Wildman–Crippen LogP) is 3.34. The van der Waals surface area contributed by atoms with Crippen LogP contribution in [0.1, 0.15) is 30.1 Å². The van der Waals surface area contributed by atoms with Crippen molar-refractivity contribution in [2.45, 2.75) is 25.8 Å². The first-order valence-electron chi connectivity index (χ1n) is 6.39. The zero-order valence-electron chi connectivity index (χ0n) is 10.8. The molecule has 104 valence electrons. The zero-order valence-corrected chi connectivity index (χ0v) is 13.1. The highest BCUT2D eigenvalue weighted by atomic mass is 79.9. The van der Waals surface area contributed by atoms with E-state index in [9.17, 15) is 9.90 Å². The molecule has 0 aromatic heterocycles. The van der Waals surface area contributed by atoms with E-state index < -0.39 is 0 Å². The first kappa shape index (κ1) is 14.8. The number of nitrogens with zero attached hydrogens (tertiary/aromatic N) is 1. The molecule has 1 aromatic carbocycles. The van der Waals surface area contributed by atoms with E-state index in [4.69, 9.17) is 11.6 Å². The molecule has 0 bridgehead atoms. The molecular formula is C14H17BrClNO2. The van der Waals surface area contributed by atoms with Crippen molar-refractivity contribution in [1.82, 2.24) is 4.90 Å². The molecule has 2 atom stereocenters. The minimum absolute atomic E-state index is 0.0278. The molecule has 2 rings (SSSR count). The van der Waals surface area contributed by atoms with Crippen molar-refractivity contribution in [2.24, 2.45) is 5.92 Å². The topological polar surface area (TPSA) is 40.5 Å². The van der Waals surface area contributed by atoms with Gasteiger partial charge in [0.2, 0.25) is 0 Å². The number of benzene rings is 1. The summed E-state index contributed by atoms with van der Waals surface area (Å²) in [5.74, 6) is 0.151. The zero-order chi connectivity index (χ0) is 14.0. The minimum atomic E-state index is -0.0278. The third-order valence-electron chi connectivity index (χ3n) is 3.66. The first-order valence-corrected chi connectivity index (χ1v) is 7.57. The van der Waals surface area contributed by atoms with Gasteiger partial charge in [0.25, 0.3) is 5.91 Å². The minimum Gasteiger partial charge on any atom is -0.396 e. The molecule has 0 aliphatic carbocycles. The Balaban J connectivity index is 2.24. The number of carbonyl (C=O) groups is 1. The molecule has 3 nitrogen and oxygen atoms in total. The van der Waals surface area contributed by atoms with Gasteiger partial charge in [-0.3, -0.25) is 4.79 Å². The lowest BCUT2D eigenvalue weighted by molar-refractivity contribution is 0.0488. The van der Waals surface area contributed by atoms with Crippen molar-refractivity contribution in [1.29, 1.82) is 0 Å². The molecule has 1 aromatic rings. The Morgan fingerprint density at radius 2 is 2.26 bits per heavy atom. The number of rotatable bonds is 2. The molecule has 5 heteroatoms. The molecule has 2 unspecified atom stereocenters. The highest BCUT2D eigenvalue weighted by Crippen LogP contribution is 2.27. The van der Waals surface area contributed by atoms with E-state index in [1.165, 1.54) is 0 Å². The molecule has 1 saturated heterocycles. The van der Waals surface area contributed by atoms with Gasteiger partial charge in [-0.1, -0.05) is 11.6 Å². The second kappa shape index (κ2) is 6.25. The van der Waals surface area contributed by atoms with Gasteiger partial charge in [-0.05, 0) is 59.8 Å². The highest BCUT2D eigenvalue weighted by Gasteiger charge is 2.30. The van der Waals surface area contributed by atoms with Gasteiger partial charge in [0.15, 0.2) is 0 Å². The van der Waals surface area contributed by atoms with Crippen LogP contribution in [-0.4, -0.2) is 35.1 Å². The molecule has 1 N–H and O–H groups in total. The molecule has 0 spiro atoms. The van der Waals surface area contributed by atoms with Gasteiger partial charge in [0.1, 0.15) is 0 Å². The Morgan fingerprint density at radius 1 is 1.53 bits per heavy atom. The SMILES string of the molecule is CC1CCC(CO)CN1C(=O)c1cc(Cl)ccc1Br. The van der Waals surface area contributed by atoms with Crippen LogP contribution in [0.3, 0.4) is 0 Å². The Bertz CT molecular complexity index is 481. The summed E-state index contributed by atoms with van der Waals surface area (Å²) in [6, 6.07) is 5.41. The average molecular weight is 347 g/mol. The van der Waals surface area contributed by atoms with E-state index in [0.29, 0.717) is 17.1 Å². The number of hydrogen-bond acceptors (Lipinski definition) is 2. The molecular weight excluding hydrogens is 330 g/mol. The molecule has 1 aliphatic rings.